The molecule has 0 saturated heterocycles. The average Bonchev–Trinajstić information content (AvgIpc) is 2.96. The number of rotatable bonds is 5. The van der Waals surface area contributed by atoms with Crippen molar-refractivity contribution < 1.29 is 19.4 Å². The van der Waals surface area contributed by atoms with Crippen LogP contribution in [0.4, 0.5) is 0 Å². The van der Waals surface area contributed by atoms with Crippen molar-refractivity contribution in [2.24, 2.45) is 5.73 Å². The molecule has 0 amide bonds. The van der Waals surface area contributed by atoms with Crippen molar-refractivity contribution in [1.29, 1.82) is 0 Å². The number of hydrogen-bond acceptors (Lipinski definition) is 5. The molecule has 3 rings (SSSR count). The largest absolute Gasteiger partial charge is 0.478 e. The van der Waals surface area contributed by atoms with Gasteiger partial charge in [0.15, 0.2) is 5.69 Å². The number of aromatic carboxylic acids is 1. The van der Waals surface area contributed by atoms with Crippen LogP contribution < -0.4 is 5.73 Å². The van der Waals surface area contributed by atoms with E-state index in [0.717, 1.165) is 36.1 Å². The third kappa shape index (κ3) is 3.41. The zero-order valence-corrected chi connectivity index (χ0v) is 14.1. The summed E-state index contributed by atoms with van der Waals surface area (Å²) in [7, 11) is 0. The summed E-state index contributed by atoms with van der Waals surface area (Å²) in [4.78, 5) is 23.2. The van der Waals surface area contributed by atoms with Gasteiger partial charge < -0.3 is 15.6 Å². The summed E-state index contributed by atoms with van der Waals surface area (Å²) in [6.45, 7) is 2.49. The quantitative estimate of drug-likeness (QED) is 0.805. The van der Waals surface area contributed by atoms with Gasteiger partial charge in [0.1, 0.15) is 0 Å². The Bertz CT molecular complexity index is 795. The average molecular weight is 343 g/mol. The maximum absolute atomic E-state index is 12.2. The fraction of sp³-hybridized carbons (Fsp3) is 0.389. The van der Waals surface area contributed by atoms with E-state index >= 15 is 0 Å². The van der Waals surface area contributed by atoms with Gasteiger partial charge in [-0.25, -0.2) is 9.59 Å². The molecule has 1 aliphatic carbocycles. The van der Waals surface area contributed by atoms with Crippen molar-refractivity contribution >= 4 is 11.9 Å². The minimum Gasteiger partial charge on any atom is -0.478 e. The van der Waals surface area contributed by atoms with Crippen LogP contribution in [0.1, 0.15) is 63.5 Å². The second-order valence-electron chi connectivity index (χ2n) is 6.09. The number of carboxylic acid groups (broad SMARTS) is 1. The maximum atomic E-state index is 12.2. The van der Waals surface area contributed by atoms with E-state index in [1.165, 1.54) is 0 Å². The molecule has 1 aromatic heterocycles. The Balaban J connectivity index is 1.94. The van der Waals surface area contributed by atoms with E-state index in [-0.39, 0.29) is 18.2 Å². The number of aromatic nitrogens is 2. The van der Waals surface area contributed by atoms with Crippen LogP contribution in [0.2, 0.25) is 0 Å². The summed E-state index contributed by atoms with van der Waals surface area (Å²) in [5, 5.41) is 13.4. The number of fused-ring (bicyclic) bond motifs is 1. The van der Waals surface area contributed by atoms with Gasteiger partial charge in [-0.1, -0.05) is 12.1 Å². The fourth-order valence-electron chi connectivity index (χ4n) is 3.20. The topological polar surface area (TPSA) is 107 Å². The SMILES string of the molecule is CCOC(=O)c1nn(Cc2ccc(C(=O)O)cc2)c2c1C(N)CCC2. The van der Waals surface area contributed by atoms with E-state index in [4.69, 9.17) is 15.6 Å². The normalized spacial score (nSPS) is 16.3. The summed E-state index contributed by atoms with van der Waals surface area (Å²) in [5.74, 6) is -1.41. The molecule has 2 aromatic rings. The van der Waals surface area contributed by atoms with Gasteiger partial charge in [-0.05, 0) is 43.9 Å². The predicted molar refractivity (Wildman–Crippen MR) is 90.6 cm³/mol. The number of carboxylic acids is 1. The highest BCUT2D eigenvalue weighted by molar-refractivity contribution is 5.89. The molecule has 0 spiro atoms. The highest BCUT2D eigenvalue weighted by atomic mass is 16.5. The summed E-state index contributed by atoms with van der Waals surface area (Å²) >= 11 is 0. The Hall–Kier alpha value is -2.67. The van der Waals surface area contributed by atoms with Gasteiger partial charge in [0.25, 0.3) is 0 Å². The Morgan fingerprint density at radius 1 is 1.36 bits per heavy atom. The van der Waals surface area contributed by atoms with Crippen molar-refractivity contribution in [2.75, 3.05) is 6.61 Å². The van der Waals surface area contributed by atoms with E-state index in [2.05, 4.69) is 5.10 Å². The molecule has 0 bridgehead atoms. The molecule has 0 aliphatic heterocycles. The van der Waals surface area contributed by atoms with Gasteiger partial charge in [0, 0.05) is 17.3 Å². The third-order valence-corrected chi connectivity index (χ3v) is 4.40. The van der Waals surface area contributed by atoms with Crippen LogP contribution in [0.15, 0.2) is 24.3 Å². The monoisotopic (exact) mass is 343 g/mol. The zero-order valence-electron chi connectivity index (χ0n) is 14.1. The minimum absolute atomic E-state index is 0.216. The van der Waals surface area contributed by atoms with E-state index in [9.17, 15) is 9.59 Å². The van der Waals surface area contributed by atoms with Crippen LogP contribution in [0.3, 0.4) is 0 Å². The highest BCUT2D eigenvalue weighted by Crippen LogP contribution is 2.31. The van der Waals surface area contributed by atoms with Crippen molar-refractivity contribution in [3.05, 3.63) is 52.3 Å². The van der Waals surface area contributed by atoms with Crippen LogP contribution in [0, 0.1) is 0 Å². The molecule has 1 heterocycles. The van der Waals surface area contributed by atoms with Crippen molar-refractivity contribution in [1.82, 2.24) is 9.78 Å². The third-order valence-electron chi connectivity index (χ3n) is 4.40. The number of esters is 1. The van der Waals surface area contributed by atoms with Crippen molar-refractivity contribution in [2.45, 2.75) is 38.8 Å². The lowest BCUT2D eigenvalue weighted by molar-refractivity contribution is 0.0516. The molecule has 0 fully saturated rings. The van der Waals surface area contributed by atoms with E-state index in [1.807, 2.05) is 0 Å². The molecule has 7 nitrogen and oxygen atoms in total. The predicted octanol–water partition coefficient (Wildman–Crippen LogP) is 2.14. The maximum Gasteiger partial charge on any atom is 0.359 e. The number of carbonyl (C=O) groups is 2. The van der Waals surface area contributed by atoms with Crippen LogP contribution in [0.5, 0.6) is 0 Å². The first-order chi connectivity index (χ1) is 12.0. The second-order valence-corrected chi connectivity index (χ2v) is 6.09. The fourth-order valence-corrected chi connectivity index (χ4v) is 3.20. The first-order valence-electron chi connectivity index (χ1n) is 8.35. The van der Waals surface area contributed by atoms with Gasteiger partial charge in [-0.15, -0.1) is 0 Å². The molecular formula is C18H21N3O4. The lowest BCUT2D eigenvalue weighted by atomic mass is 9.91. The summed E-state index contributed by atoms with van der Waals surface area (Å²) in [6, 6.07) is 6.41. The van der Waals surface area contributed by atoms with Gasteiger partial charge in [-0.2, -0.15) is 5.10 Å². The standard InChI is InChI=1S/C18H21N3O4/c1-2-25-18(24)16-15-13(19)4-3-5-14(15)21(20-16)10-11-6-8-12(9-7-11)17(22)23/h6-9,13H,2-5,10,19H2,1H3,(H,22,23). The summed E-state index contributed by atoms with van der Waals surface area (Å²) in [6.07, 6.45) is 2.57. The number of nitrogens with zero attached hydrogens (tertiary/aromatic N) is 2. The number of benzene rings is 1. The van der Waals surface area contributed by atoms with E-state index < -0.39 is 11.9 Å². The van der Waals surface area contributed by atoms with Gasteiger partial charge >= 0.3 is 11.9 Å². The smallest absolute Gasteiger partial charge is 0.359 e. The Labute approximate surface area is 145 Å². The molecule has 0 saturated carbocycles. The van der Waals surface area contributed by atoms with Crippen LogP contribution in [0.25, 0.3) is 0 Å². The number of nitrogens with two attached hydrogens (primary N) is 1. The molecule has 1 aliphatic rings. The van der Waals surface area contributed by atoms with Crippen molar-refractivity contribution in [3.63, 3.8) is 0 Å². The summed E-state index contributed by atoms with van der Waals surface area (Å²) in [5.41, 5.74) is 9.40. The zero-order chi connectivity index (χ0) is 18.0. The second kappa shape index (κ2) is 7.06. The Morgan fingerprint density at radius 3 is 2.72 bits per heavy atom. The van der Waals surface area contributed by atoms with E-state index in [1.54, 1.807) is 35.9 Å². The molecule has 1 atom stereocenters. The molecule has 3 N–H and O–H groups in total. The van der Waals surface area contributed by atoms with Crippen molar-refractivity contribution in [3.8, 4) is 0 Å². The molecule has 132 valence electrons. The Morgan fingerprint density at radius 2 is 2.08 bits per heavy atom. The lowest BCUT2D eigenvalue weighted by Crippen LogP contribution is -2.20. The highest BCUT2D eigenvalue weighted by Gasteiger charge is 2.30. The van der Waals surface area contributed by atoms with Crippen LogP contribution >= 0.6 is 0 Å². The molecule has 7 heteroatoms. The molecule has 25 heavy (non-hydrogen) atoms. The number of carbonyl (C=O) groups excluding carboxylic acids is 1. The molecule has 1 unspecified atom stereocenters. The minimum atomic E-state index is -0.960. The molecule has 0 radical (unpaired) electrons. The Kier molecular flexibility index (Phi) is 4.85. The molecular weight excluding hydrogens is 322 g/mol. The first-order valence-corrected chi connectivity index (χ1v) is 8.35. The summed E-state index contributed by atoms with van der Waals surface area (Å²) < 4.78 is 6.90. The number of ether oxygens (including phenoxy) is 1. The molecule has 1 aromatic carbocycles. The van der Waals surface area contributed by atoms with Gasteiger partial charge in [-0.3, -0.25) is 4.68 Å². The lowest BCUT2D eigenvalue weighted by Gasteiger charge is -2.20. The number of hydrogen-bond donors (Lipinski definition) is 2. The van der Waals surface area contributed by atoms with Crippen LogP contribution in [-0.4, -0.2) is 33.4 Å². The van der Waals surface area contributed by atoms with Gasteiger partial charge in [0.2, 0.25) is 0 Å². The van der Waals surface area contributed by atoms with Gasteiger partial charge in [0.05, 0.1) is 18.7 Å². The van der Waals surface area contributed by atoms with E-state index in [0.29, 0.717) is 12.2 Å². The first kappa shape index (κ1) is 17.2. The van der Waals surface area contributed by atoms with Crippen LogP contribution in [-0.2, 0) is 17.7 Å².